The third-order valence-corrected chi connectivity index (χ3v) is 5.06. The molecule has 1 unspecified atom stereocenters. The van der Waals surface area contributed by atoms with E-state index in [9.17, 15) is 4.79 Å². The summed E-state index contributed by atoms with van der Waals surface area (Å²) < 4.78 is 0. The van der Waals surface area contributed by atoms with Crippen molar-refractivity contribution in [2.75, 3.05) is 24.5 Å². The van der Waals surface area contributed by atoms with Crippen molar-refractivity contribution in [3.05, 3.63) is 47.5 Å². The molecule has 1 aliphatic heterocycles. The lowest BCUT2D eigenvalue weighted by Crippen LogP contribution is -2.57. The van der Waals surface area contributed by atoms with Crippen LogP contribution in [-0.2, 0) is 4.79 Å². The van der Waals surface area contributed by atoms with Gasteiger partial charge in [0.25, 0.3) is 5.91 Å². The van der Waals surface area contributed by atoms with Gasteiger partial charge in [0.05, 0.1) is 6.04 Å². The molecule has 1 aliphatic rings. The van der Waals surface area contributed by atoms with Gasteiger partial charge in [0.15, 0.2) is 5.13 Å². The van der Waals surface area contributed by atoms with E-state index in [0.717, 1.165) is 23.8 Å². The molecule has 0 N–H and O–H groups in total. The molecule has 1 aromatic carbocycles. The van der Waals surface area contributed by atoms with Gasteiger partial charge in [-0.25, -0.2) is 4.98 Å². The Kier molecular flexibility index (Phi) is 5.17. The summed E-state index contributed by atoms with van der Waals surface area (Å²) in [6.45, 7) is 6.60. The zero-order valence-corrected chi connectivity index (χ0v) is 14.8. The summed E-state index contributed by atoms with van der Waals surface area (Å²) in [6, 6.07) is 9.79. The number of rotatable bonds is 2. The monoisotopic (exact) mass is 339 g/mol. The van der Waals surface area contributed by atoms with Gasteiger partial charge in [-0.15, -0.1) is 11.3 Å². The molecule has 1 saturated heterocycles. The van der Waals surface area contributed by atoms with E-state index in [1.807, 2.05) is 46.8 Å². The van der Waals surface area contributed by atoms with Crippen molar-refractivity contribution in [2.45, 2.75) is 19.9 Å². The average molecular weight is 339 g/mol. The number of amides is 1. The molecule has 2 heterocycles. The van der Waals surface area contributed by atoms with E-state index in [4.69, 9.17) is 0 Å². The Hall–Kier alpha value is -2.32. The van der Waals surface area contributed by atoms with E-state index in [1.165, 1.54) is 0 Å². The second-order valence-electron chi connectivity index (χ2n) is 6.19. The highest BCUT2D eigenvalue weighted by molar-refractivity contribution is 7.13. The molecule has 124 valence electrons. The van der Waals surface area contributed by atoms with Crippen LogP contribution in [0.1, 0.15) is 19.4 Å². The van der Waals surface area contributed by atoms with Gasteiger partial charge in [-0.2, -0.15) is 0 Å². The van der Waals surface area contributed by atoms with Crippen LogP contribution in [0.5, 0.6) is 0 Å². The van der Waals surface area contributed by atoms with Crippen LogP contribution < -0.4 is 4.90 Å². The lowest BCUT2D eigenvalue weighted by atomic mass is 9.99. The van der Waals surface area contributed by atoms with Gasteiger partial charge in [-0.1, -0.05) is 38.0 Å². The van der Waals surface area contributed by atoms with Crippen molar-refractivity contribution in [1.29, 1.82) is 0 Å². The number of hydrogen-bond donors (Lipinski definition) is 0. The smallest absolute Gasteiger partial charge is 0.299 e. The lowest BCUT2D eigenvalue weighted by molar-refractivity contribution is -0.128. The number of piperazine rings is 1. The molecule has 1 aromatic heterocycles. The van der Waals surface area contributed by atoms with Crippen molar-refractivity contribution >= 4 is 22.4 Å². The fraction of sp³-hybridized carbons (Fsp3) is 0.368. The van der Waals surface area contributed by atoms with Crippen LogP contribution >= 0.6 is 11.3 Å². The van der Waals surface area contributed by atoms with E-state index in [0.29, 0.717) is 12.5 Å². The fourth-order valence-electron chi connectivity index (χ4n) is 2.90. The standard InChI is InChI=1S/C19H21N3OS/c1-15(2)17-14-21(19-20-10-13-24-19)11-12-22(17)18(23)9-8-16-6-4-3-5-7-16/h3-7,10,13,15,17H,11-12,14H2,1-2H3. The number of benzene rings is 1. The summed E-state index contributed by atoms with van der Waals surface area (Å²) >= 11 is 1.64. The minimum atomic E-state index is -0.0867. The van der Waals surface area contributed by atoms with Crippen LogP contribution in [0.3, 0.4) is 0 Å². The van der Waals surface area contributed by atoms with Crippen molar-refractivity contribution in [1.82, 2.24) is 9.88 Å². The van der Waals surface area contributed by atoms with E-state index in [2.05, 4.69) is 35.6 Å². The normalized spacial score (nSPS) is 17.5. The third kappa shape index (κ3) is 3.77. The zero-order chi connectivity index (χ0) is 16.9. The first-order valence-electron chi connectivity index (χ1n) is 8.17. The Bertz CT molecular complexity index is 731. The first-order valence-corrected chi connectivity index (χ1v) is 9.05. The number of carbonyl (C=O) groups is 1. The van der Waals surface area contributed by atoms with Crippen LogP contribution in [0, 0.1) is 17.8 Å². The lowest BCUT2D eigenvalue weighted by Gasteiger charge is -2.42. The maximum absolute atomic E-state index is 12.6. The molecule has 0 radical (unpaired) electrons. The van der Waals surface area contributed by atoms with E-state index in [1.54, 1.807) is 11.3 Å². The van der Waals surface area contributed by atoms with Crippen LogP contribution in [0.15, 0.2) is 41.9 Å². The molecule has 3 rings (SSSR count). The Morgan fingerprint density at radius 3 is 2.75 bits per heavy atom. The van der Waals surface area contributed by atoms with Crippen LogP contribution in [-0.4, -0.2) is 41.5 Å². The van der Waals surface area contributed by atoms with Gasteiger partial charge >= 0.3 is 0 Å². The Morgan fingerprint density at radius 2 is 2.08 bits per heavy atom. The second kappa shape index (κ2) is 7.50. The van der Waals surface area contributed by atoms with Gasteiger partial charge < -0.3 is 9.80 Å². The quantitative estimate of drug-likeness (QED) is 0.790. The first-order chi connectivity index (χ1) is 11.6. The molecule has 0 bridgehead atoms. The van der Waals surface area contributed by atoms with Crippen molar-refractivity contribution in [3.8, 4) is 11.8 Å². The highest BCUT2D eigenvalue weighted by Crippen LogP contribution is 2.24. The summed E-state index contributed by atoms with van der Waals surface area (Å²) in [6.07, 6.45) is 1.83. The molecule has 4 nitrogen and oxygen atoms in total. The van der Waals surface area contributed by atoms with Crippen molar-refractivity contribution < 1.29 is 4.79 Å². The van der Waals surface area contributed by atoms with E-state index >= 15 is 0 Å². The van der Waals surface area contributed by atoms with Gasteiger partial charge in [-0.3, -0.25) is 4.79 Å². The predicted molar refractivity (Wildman–Crippen MR) is 98.0 cm³/mol. The minimum absolute atomic E-state index is 0.0867. The highest BCUT2D eigenvalue weighted by atomic mass is 32.1. The largest absolute Gasteiger partial charge is 0.344 e. The summed E-state index contributed by atoms with van der Waals surface area (Å²) in [5.74, 6) is 6.07. The van der Waals surface area contributed by atoms with Crippen molar-refractivity contribution in [2.24, 2.45) is 5.92 Å². The van der Waals surface area contributed by atoms with Gasteiger partial charge in [-0.05, 0) is 18.1 Å². The van der Waals surface area contributed by atoms with Crippen LogP contribution in [0.4, 0.5) is 5.13 Å². The molecule has 0 aliphatic carbocycles. The summed E-state index contributed by atoms with van der Waals surface area (Å²) in [7, 11) is 0. The molecule has 1 atom stereocenters. The maximum atomic E-state index is 12.6. The molecule has 0 spiro atoms. The molecular weight excluding hydrogens is 318 g/mol. The number of hydrogen-bond acceptors (Lipinski definition) is 4. The second-order valence-corrected chi connectivity index (χ2v) is 7.06. The molecule has 24 heavy (non-hydrogen) atoms. The molecule has 1 fully saturated rings. The van der Waals surface area contributed by atoms with Gasteiger partial charge in [0.1, 0.15) is 0 Å². The number of aromatic nitrogens is 1. The molecule has 1 amide bonds. The van der Waals surface area contributed by atoms with Gasteiger partial charge in [0, 0.05) is 42.7 Å². The highest BCUT2D eigenvalue weighted by Gasteiger charge is 2.32. The van der Waals surface area contributed by atoms with Crippen LogP contribution in [0.2, 0.25) is 0 Å². The molecule has 5 heteroatoms. The van der Waals surface area contributed by atoms with E-state index < -0.39 is 0 Å². The Balaban J connectivity index is 1.73. The number of thiazole rings is 1. The minimum Gasteiger partial charge on any atom is -0.344 e. The zero-order valence-electron chi connectivity index (χ0n) is 14.0. The molecular formula is C19H21N3OS. The summed E-state index contributed by atoms with van der Waals surface area (Å²) in [5.41, 5.74) is 0.869. The fourth-order valence-corrected chi connectivity index (χ4v) is 3.58. The Morgan fingerprint density at radius 1 is 1.29 bits per heavy atom. The number of carbonyl (C=O) groups excluding carboxylic acids is 1. The van der Waals surface area contributed by atoms with E-state index in [-0.39, 0.29) is 11.9 Å². The predicted octanol–water partition coefficient (Wildman–Crippen LogP) is 2.87. The topological polar surface area (TPSA) is 36.4 Å². The molecule has 2 aromatic rings. The molecule has 0 saturated carbocycles. The van der Waals surface area contributed by atoms with Crippen LogP contribution in [0.25, 0.3) is 0 Å². The Labute approximate surface area is 147 Å². The van der Waals surface area contributed by atoms with Gasteiger partial charge in [0.2, 0.25) is 0 Å². The average Bonchev–Trinajstić information content (AvgIpc) is 3.14. The summed E-state index contributed by atoms with van der Waals surface area (Å²) in [4.78, 5) is 21.2. The maximum Gasteiger partial charge on any atom is 0.299 e. The number of anilines is 1. The first kappa shape index (κ1) is 16.5. The SMILES string of the molecule is CC(C)C1CN(c2nccs2)CCN1C(=O)C#Cc1ccccc1. The third-order valence-electron chi connectivity index (χ3n) is 4.23. The summed E-state index contributed by atoms with van der Waals surface area (Å²) in [5, 5.41) is 3.02. The number of nitrogens with zero attached hydrogens (tertiary/aromatic N) is 3. The van der Waals surface area contributed by atoms with Crippen molar-refractivity contribution in [3.63, 3.8) is 0 Å².